The lowest BCUT2D eigenvalue weighted by atomic mass is 10.1. The summed E-state index contributed by atoms with van der Waals surface area (Å²) in [7, 11) is 3.15. The normalized spacial score (nSPS) is 13.4. The number of rotatable bonds is 7. The minimum Gasteiger partial charge on any atom is -0.384 e. The Morgan fingerprint density at radius 1 is 1.42 bits per heavy atom. The Hall–Kier alpha value is -1.43. The molecule has 0 spiro atoms. The Balaban J connectivity index is 1.86. The first-order valence-electron chi connectivity index (χ1n) is 6.41. The molecule has 19 heavy (non-hydrogen) atoms. The number of hydrogen-bond donors (Lipinski definition) is 2. The van der Waals surface area contributed by atoms with Gasteiger partial charge in [-0.3, -0.25) is 4.79 Å². The monoisotopic (exact) mass is 264 g/mol. The predicted molar refractivity (Wildman–Crippen MR) is 73.6 cm³/mol. The second-order valence-corrected chi connectivity index (χ2v) is 4.50. The topological polar surface area (TPSA) is 59.6 Å². The fourth-order valence-electron chi connectivity index (χ4n) is 2.15. The summed E-state index contributed by atoms with van der Waals surface area (Å²) < 4.78 is 10.1. The van der Waals surface area contributed by atoms with Crippen LogP contribution in [-0.2, 0) is 15.9 Å². The van der Waals surface area contributed by atoms with Crippen LogP contribution in [0.4, 0.5) is 5.69 Å². The van der Waals surface area contributed by atoms with Crippen LogP contribution in [0.25, 0.3) is 0 Å². The van der Waals surface area contributed by atoms with Crippen molar-refractivity contribution in [3.63, 3.8) is 0 Å². The van der Waals surface area contributed by atoms with Crippen molar-refractivity contribution in [1.29, 1.82) is 0 Å². The number of benzene rings is 1. The van der Waals surface area contributed by atoms with Crippen LogP contribution in [0, 0.1) is 0 Å². The fourth-order valence-corrected chi connectivity index (χ4v) is 2.15. The highest BCUT2D eigenvalue weighted by Gasteiger charge is 2.13. The molecule has 0 saturated heterocycles. The lowest BCUT2D eigenvalue weighted by Crippen LogP contribution is -2.33. The molecule has 1 aliphatic rings. The van der Waals surface area contributed by atoms with Crippen LogP contribution < -0.4 is 10.6 Å². The lowest BCUT2D eigenvalue weighted by molar-refractivity contribution is -0.0983. The number of ketones is 1. The number of fused-ring (bicyclic) bond motifs is 1. The molecule has 0 atom stereocenters. The maximum Gasteiger partial charge on any atom is 0.176 e. The van der Waals surface area contributed by atoms with Gasteiger partial charge in [0.05, 0.1) is 6.54 Å². The Labute approximate surface area is 113 Å². The second-order valence-electron chi connectivity index (χ2n) is 4.50. The first kappa shape index (κ1) is 14.0. The summed E-state index contributed by atoms with van der Waals surface area (Å²) in [4.78, 5) is 12.0. The molecule has 0 unspecified atom stereocenters. The van der Waals surface area contributed by atoms with E-state index in [9.17, 15) is 4.79 Å². The SMILES string of the molecule is COC(CNCC(=O)c1ccc2c(c1)CCN2)OC. The number of ether oxygens (including phenoxy) is 2. The van der Waals surface area contributed by atoms with Crippen LogP contribution in [0.5, 0.6) is 0 Å². The van der Waals surface area contributed by atoms with E-state index in [1.807, 2.05) is 18.2 Å². The highest BCUT2D eigenvalue weighted by molar-refractivity contribution is 5.98. The van der Waals surface area contributed by atoms with Crippen LogP contribution in [0.15, 0.2) is 18.2 Å². The first-order valence-corrected chi connectivity index (χ1v) is 6.41. The molecule has 2 rings (SSSR count). The smallest absolute Gasteiger partial charge is 0.176 e. The minimum atomic E-state index is -0.322. The third-order valence-corrected chi connectivity index (χ3v) is 3.26. The van der Waals surface area contributed by atoms with Gasteiger partial charge >= 0.3 is 0 Å². The molecule has 0 fully saturated rings. The minimum absolute atomic E-state index is 0.0839. The number of anilines is 1. The first-order chi connectivity index (χ1) is 9.24. The van der Waals surface area contributed by atoms with E-state index in [1.165, 1.54) is 5.56 Å². The number of hydrogen-bond acceptors (Lipinski definition) is 5. The van der Waals surface area contributed by atoms with Gasteiger partial charge in [-0.15, -0.1) is 0 Å². The molecular formula is C14H20N2O3. The van der Waals surface area contributed by atoms with E-state index in [0.29, 0.717) is 6.54 Å². The van der Waals surface area contributed by atoms with Gasteiger partial charge in [0, 0.05) is 38.6 Å². The van der Waals surface area contributed by atoms with Crippen molar-refractivity contribution in [2.45, 2.75) is 12.7 Å². The van der Waals surface area contributed by atoms with Crippen molar-refractivity contribution in [3.05, 3.63) is 29.3 Å². The molecule has 0 saturated carbocycles. The third kappa shape index (κ3) is 3.53. The van der Waals surface area contributed by atoms with Gasteiger partial charge in [-0.2, -0.15) is 0 Å². The Kier molecular flexibility index (Phi) is 4.90. The molecule has 2 N–H and O–H groups in total. The van der Waals surface area contributed by atoms with Crippen molar-refractivity contribution in [1.82, 2.24) is 5.32 Å². The molecule has 0 aliphatic carbocycles. The van der Waals surface area contributed by atoms with Crippen molar-refractivity contribution in [3.8, 4) is 0 Å². The van der Waals surface area contributed by atoms with Gasteiger partial charge in [-0.25, -0.2) is 0 Å². The number of carbonyl (C=O) groups is 1. The zero-order chi connectivity index (χ0) is 13.7. The van der Waals surface area contributed by atoms with Gasteiger partial charge in [0.2, 0.25) is 0 Å². The Morgan fingerprint density at radius 2 is 2.21 bits per heavy atom. The molecule has 104 valence electrons. The number of nitrogens with one attached hydrogen (secondary N) is 2. The average molecular weight is 264 g/mol. The summed E-state index contributed by atoms with van der Waals surface area (Å²) in [6, 6.07) is 5.82. The summed E-state index contributed by atoms with van der Waals surface area (Å²) >= 11 is 0. The molecular weight excluding hydrogens is 244 g/mol. The van der Waals surface area contributed by atoms with Gasteiger partial charge in [0.25, 0.3) is 0 Å². The van der Waals surface area contributed by atoms with E-state index in [1.54, 1.807) is 14.2 Å². The summed E-state index contributed by atoms with van der Waals surface area (Å²) in [6.45, 7) is 1.73. The Morgan fingerprint density at radius 3 is 2.95 bits per heavy atom. The van der Waals surface area contributed by atoms with Crippen LogP contribution in [-0.4, -0.2) is 45.9 Å². The van der Waals surface area contributed by atoms with Gasteiger partial charge < -0.3 is 20.1 Å². The molecule has 0 radical (unpaired) electrons. The third-order valence-electron chi connectivity index (χ3n) is 3.26. The molecule has 5 nitrogen and oxygen atoms in total. The maximum atomic E-state index is 12.0. The van der Waals surface area contributed by atoms with E-state index in [4.69, 9.17) is 9.47 Å². The number of carbonyl (C=O) groups excluding carboxylic acids is 1. The predicted octanol–water partition coefficient (Wildman–Crippen LogP) is 1.05. The average Bonchev–Trinajstić information content (AvgIpc) is 2.90. The van der Waals surface area contributed by atoms with Gasteiger partial charge in [-0.05, 0) is 30.2 Å². The highest BCUT2D eigenvalue weighted by Crippen LogP contribution is 2.23. The van der Waals surface area contributed by atoms with E-state index >= 15 is 0 Å². The molecule has 0 aromatic heterocycles. The van der Waals surface area contributed by atoms with Crippen molar-refractivity contribution in [2.24, 2.45) is 0 Å². The summed E-state index contributed by atoms with van der Waals surface area (Å²) in [5.74, 6) is 0.0839. The van der Waals surface area contributed by atoms with Crippen LogP contribution >= 0.6 is 0 Å². The zero-order valence-electron chi connectivity index (χ0n) is 11.4. The summed E-state index contributed by atoms with van der Waals surface area (Å²) in [5, 5.41) is 6.32. The molecule has 1 heterocycles. The molecule has 1 aliphatic heterocycles. The standard InChI is InChI=1S/C14H20N2O3/c1-18-14(19-2)9-15-8-13(17)11-3-4-12-10(7-11)5-6-16-12/h3-4,7,14-16H,5-6,8-9H2,1-2H3. The fraction of sp³-hybridized carbons (Fsp3) is 0.500. The Bertz CT molecular complexity index is 444. The van der Waals surface area contributed by atoms with Crippen LogP contribution in [0.3, 0.4) is 0 Å². The van der Waals surface area contributed by atoms with Crippen molar-refractivity contribution < 1.29 is 14.3 Å². The quantitative estimate of drug-likeness (QED) is 0.569. The zero-order valence-corrected chi connectivity index (χ0v) is 11.4. The molecule has 5 heteroatoms. The van der Waals surface area contributed by atoms with E-state index < -0.39 is 0 Å². The van der Waals surface area contributed by atoms with E-state index in [0.717, 1.165) is 24.2 Å². The number of methoxy groups -OCH3 is 2. The van der Waals surface area contributed by atoms with E-state index in [2.05, 4.69) is 10.6 Å². The second kappa shape index (κ2) is 6.65. The van der Waals surface area contributed by atoms with Gasteiger partial charge in [0.1, 0.15) is 0 Å². The highest BCUT2D eigenvalue weighted by atomic mass is 16.7. The molecule has 1 aromatic carbocycles. The van der Waals surface area contributed by atoms with E-state index in [-0.39, 0.29) is 18.6 Å². The lowest BCUT2D eigenvalue weighted by Gasteiger charge is -2.13. The van der Waals surface area contributed by atoms with Crippen molar-refractivity contribution >= 4 is 11.5 Å². The largest absolute Gasteiger partial charge is 0.384 e. The molecule has 1 aromatic rings. The van der Waals surface area contributed by atoms with Crippen LogP contribution in [0.2, 0.25) is 0 Å². The summed E-state index contributed by atoms with van der Waals surface area (Å²) in [5.41, 5.74) is 3.11. The van der Waals surface area contributed by atoms with Crippen LogP contribution in [0.1, 0.15) is 15.9 Å². The summed E-state index contributed by atoms with van der Waals surface area (Å²) in [6.07, 6.45) is 0.663. The maximum absolute atomic E-state index is 12.0. The number of Topliss-reactive ketones (excluding diaryl/α,β-unsaturated/α-hetero) is 1. The molecule has 0 amide bonds. The van der Waals surface area contributed by atoms with Crippen molar-refractivity contribution in [2.75, 3.05) is 39.2 Å². The molecule has 0 bridgehead atoms. The van der Waals surface area contributed by atoms with Gasteiger partial charge in [-0.1, -0.05) is 0 Å². The van der Waals surface area contributed by atoms with Gasteiger partial charge in [0.15, 0.2) is 12.1 Å².